The van der Waals surface area contributed by atoms with Gasteiger partial charge in [0, 0.05) is 19.4 Å². The molecule has 0 aliphatic heterocycles. The standard InChI is InChI=1S/C12H13N5O7S.C3H4N2.H2S/c1-17-9(6(5-13-17)10(18)19)25(21,22)12(20)16-11-14-7(23-2)4-8(15-11)24-3;1-2-4-5-3-1;/h4-5H,1-3H3,(H,18,19)(H,14,15,16,20);1-3H,(H,4,5);1H2. The summed E-state index contributed by atoms with van der Waals surface area (Å²) in [7, 11) is -0.930. The van der Waals surface area contributed by atoms with Crippen molar-refractivity contribution < 1.29 is 32.6 Å². The first-order valence-corrected chi connectivity index (χ1v) is 9.41. The van der Waals surface area contributed by atoms with Crippen molar-refractivity contribution >= 4 is 40.5 Å². The van der Waals surface area contributed by atoms with Crippen LogP contribution in [0, 0.1) is 0 Å². The van der Waals surface area contributed by atoms with Crippen LogP contribution in [0.4, 0.5) is 10.7 Å². The summed E-state index contributed by atoms with van der Waals surface area (Å²) in [5.74, 6) is -1.90. The van der Waals surface area contributed by atoms with Crippen LogP contribution in [0.2, 0.25) is 0 Å². The molecular weight excluding hydrogens is 454 g/mol. The van der Waals surface area contributed by atoms with Gasteiger partial charge in [-0.05, 0) is 6.07 Å². The van der Waals surface area contributed by atoms with Gasteiger partial charge in [0.05, 0.1) is 26.5 Å². The zero-order chi connectivity index (χ0) is 22.3. The number of aryl methyl sites for hydroxylation is 1. The number of carbonyl (C=O) groups excluding carboxylic acids is 1. The molecule has 0 saturated carbocycles. The van der Waals surface area contributed by atoms with E-state index < -0.39 is 37.6 Å². The van der Waals surface area contributed by atoms with Crippen LogP contribution in [0.25, 0.3) is 0 Å². The van der Waals surface area contributed by atoms with E-state index in [0.717, 1.165) is 10.9 Å². The van der Waals surface area contributed by atoms with Gasteiger partial charge in [-0.1, -0.05) is 0 Å². The van der Waals surface area contributed by atoms with Gasteiger partial charge in [-0.3, -0.25) is 19.9 Å². The molecule has 0 unspecified atom stereocenters. The van der Waals surface area contributed by atoms with E-state index in [-0.39, 0.29) is 25.3 Å². The zero-order valence-electron chi connectivity index (χ0n) is 16.4. The second kappa shape index (κ2) is 10.9. The summed E-state index contributed by atoms with van der Waals surface area (Å²) >= 11 is 0. The number of aromatic amines is 1. The first-order chi connectivity index (χ1) is 14.2. The average Bonchev–Trinajstić information content (AvgIpc) is 3.40. The Hall–Kier alpha value is -3.66. The van der Waals surface area contributed by atoms with Gasteiger partial charge in [-0.2, -0.15) is 33.7 Å². The van der Waals surface area contributed by atoms with E-state index in [1.54, 1.807) is 12.4 Å². The van der Waals surface area contributed by atoms with Gasteiger partial charge in [0.1, 0.15) is 5.56 Å². The summed E-state index contributed by atoms with van der Waals surface area (Å²) in [4.78, 5) is 30.8. The molecule has 0 aromatic carbocycles. The summed E-state index contributed by atoms with van der Waals surface area (Å²) in [5.41, 5.74) is -0.637. The smallest absolute Gasteiger partial charge is 0.349 e. The van der Waals surface area contributed by atoms with Crippen LogP contribution in [-0.4, -0.2) is 68.9 Å². The Morgan fingerprint density at radius 3 is 2.23 bits per heavy atom. The topological polar surface area (TPSA) is 191 Å². The zero-order valence-corrected chi connectivity index (χ0v) is 18.2. The number of anilines is 1. The number of hydrogen-bond acceptors (Lipinski definition) is 10. The normalized spacial score (nSPS) is 10.2. The van der Waals surface area contributed by atoms with Crippen molar-refractivity contribution in [3.8, 4) is 11.8 Å². The largest absolute Gasteiger partial charge is 0.481 e. The molecule has 31 heavy (non-hydrogen) atoms. The van der Waals surface area contributed by atoms with Crippen molar-refractivity contribution in [2.75, 3.05) is 19.5 Å². The van der Waals surface area contributed by atoms with Gasteiger partial charge in [-0.15, -0.1) is 0 Å². The molecule has 0 fully saturated rings. The van der Waals surface area contributed by atoms with E-state index in [0.29, 0.717) is 0 Å². The van der Waals surface area contributed by atoms with Gasteiger partial charge in [0.2, 0.25) is 17.7 Å². The molecule has 3 rings (SSSR count). The molecule has 0 bridgehead atoms. The summed E-state index contributed by atoms with van der Waals surface area (Å²) in [6, 6.07) is 3.15. The fraction of sp³-hybridized carbons (Fsp3) is 0.200. The molecule has 0 radical (unpaired) electrons. The summed E-state index contributed by atoms with van der Waals surface area (Å²) in [5, 5.41) is 18.5. The molecule has 0 aliphatic carbocycles. The number of ether oxygens (including phenoxy) is 2. The molecule has 3 N–H and O–H groups in total. The van der Waals surface area contributed by atoms with Crippen molar-refractivity contribution in [1.82, 2.24) is 29.9 Å². The second-order valence-electron chi connectivity index (χ2n) is 5.25. The maximum Gasteiger partial charge on any atom is 0.349 e. The third-order valence-electron chi connectivity index (χ3n) is 3.33. The summed E-state index contributed by atoms with van der Waals surface area (Å²) < 4.78 is 35.3. The van der Waals surface area contributed by atoms with Crippen LogP contribution in [-0.2, 0) is 16.9 Å². The van der Waals surface area contributed by atoms with Crippen LogP contribution >= 0.6 is 13.5 Å². The number of carbonyl (C=O) groups is 2. The molecule has 3 aromatic rings. The number of carboxylic acids is 1. The number of H-pyrrole nitrogens is 1. The van der Waals surface area contributed by atoms with Crippen LogP contribution in [0.3, 0.4) is 0 Å². The number of aromatic carboxylic acids is 1. The second-order valence-corrected chi connectivity index (χ2v) is 7.02. The molecule has 0 aliphatic rings. The fourth-order valence-corrected chi connectivity index (χ4v) is 3.25. The van der Waals surface area contributed by atoms with Gasteiger partial charge in [0.15, 0.2) is 5.03 Å². The maximum atomic E-state index is 12.4. The van der Waals surface area contributed by atoms with Crippen molar-refractivity contribution in [2.45, 2.75) is 5.03 Å². The molecular formula is C15H19N7O7S2. The highest BCUT2D eigenvalue weighted by Gasteiger charge is 2.34. The fourth-order valence-electron chi connectivity index (χ4n) is 2.02. The number of rotatable bonds is 5. The number of aromatic nitrogens is 6. The molecule has 0 spiro atoms. The molecule has 3 heterocycles. The third kappa shape index (κ3) is 6.16. The minimum absolute atomic E-state index is 0. The lowest BCUT2D eigenvalue weighted by Gasteiger charge is -2.08. The first-order valence-electron chi connectivity index (χ1n) is 7.92. The number of sulfone groups is 1. The Morgan fingerprint density at radius 1 is 1.19 bits per heavy atom. The molecule has 1 amide bonds. The molecule has 168 valence electrons. The van der Waals surface area contributed by atoms with E-state index in [9.17, 15) is 18.0 Å². The molecule has 0 atom stereocenters. The van der Waals surface area contributed by atoms with Crippen LogP contribution in [0.1, 0.15) is 10.4 Å². The Balaban J connectivity index is 0.000000701. The number of hydrogen-bond donors (Lipinski definition) is 3. The highest BCUT2D eigenvalue weighted by atomic mass is 32.2. The Kier molecular flexibility index (Phi) is 8.95. The van der Waals surface area contributed by atoms with Crippen LogP contribution in [0.5, 0.6) is 11.8 Å². The summed E-state index contributed by atoms with van der Waals surface area (Å²) in [6.45, 7) is 0. The maximum absolute atomic E-state index is 12.4. The van der Waals surface area contributed by atoms with Crippen molar-refractivity contribution in [3.63, 3.8) is 0 Å². The van der Waals surface area contributed by atoms with E-state index >= 15 is 0 Å². The average molecular weight is 473 g/mol. The number of nitrogens with one attached hydrogen (secondary N) is 2. The van der Waals surface area contributed by atoms with Gasteiger partial charge >= 0.3 is 11.2 Å². The minimum Gasteiger partial charge on any atom is -0.481 e. The predicted molar refractivity (Wildman–Crippen MR) is 110 cm³/mol. The van der Waals surface area contributed by atoms with Crippen molar-refractivity contribution in [1.29, 1.82) is 0 Å². The van der Waals surface area contributed by atoms with Gasteiger partial charge in [0.25, 0.3) is 9.84 Å². The van der Waals surface area contributed by atoms with Crippen LogP contribution in [0.15, 0.2) is 35.7 Å². The third-order valence-corrected chi connectivity index (χ3v) is 4.91. The summed E-state index contributed by atoms with van der Waals surface area (Å²) in [6.07, 6.45) is 4.29. The lowest BCUT2D eigenvalue weighted by molar-refractivity contribution is 0.0692. The Morgan fingerprint density at radius 2 is 1.81 bits per heavy atom. The number of methoxy groups -OCH3 is 2. The van der Waals surface area contributed by atoms with E-state index in [1.807, 2.05) is 11.4 Å². The molecule has 3 aromatic heterocycles. The van der Waals surface area contributed by atoms with Gasteiger partial charge in [-0.25, -0.2) is 13.2 Å². The first kappa shape index (κ1) is 25.4. The van der Waals surface area contributed by atoms with E-state index in [1.165, 1.54) is 27.3 Å². The highest BCUT2D eigenvalue weighted by Crippen LogP contribution is 2.21. The van der Waals surface area contributed by atoms with Crippen molar-refractivity contribution in [2.24, 2.45) is 7.05 Å². The molecule has 16 heteroatoms. The lowest BCUT2D eigenvalue weighted by Crippen LogP contribution is -2.26. The van der Waals surface area contributed by atoms with Gasteiger partial charge < -0.3 is 14.6 Å². The van der Waals surface area contributed by atoms with Crippen LogP contribution < -0.4 is 14.8 Å². The monoisotopic (exact) mass is 473 g/mol. The highest BCUT2D eigenvalue weighted by molar-refractivity contribution is 8.06. The van der Waals surface area contributed by atoms with Crippen molar-refractivity contribution in [3.05, 3.63) is 36.3 Å². The number of carboxylic acid groups (broad SMARTS) is 1. The Labute approximate surface area is 183 Å². The Bertz CT molecular complexity index is 1090. The number of nitrogens with zero attached hydrogens (tertiary/aromatic N) is 5. The quantitative estimate of drug-likeness (QED) is 0.466. The number of amides is 1. The van der Waals surface area contributed by atoms with E-state index in [4.69, 9.17) is 14.6 Å². The molecule has 14 nitrogen and oxygen atoms in total. The minimum atomic E-state index is -4.73. The predicted octanol–water partition coefficient (Wildman–Crippen LogP) is 0.454. The lowest BCUT2D eigenvalue weighted by atomic mass is 10.4. The van der Waals surface area contributed by atoms with E-state index in [2.05, 4.69) is 25.3 Å². The molecule has 0 saturated heterocycles. The SMILES string of the molecule is COc1cc(OC)nc(NC(=O)S(=O)(=O)c2c(C(=O)O)cnn2C)n1.S.c1cn[nH]c1.